The Morgan fingerprint density at radius 2 is 2.00 bits per heavy atom. The molecule has 224 valence electrons. The summed E-state index contributed by atoms with van der Waals surface area (Å²) in [5.41, 5.74) is 6.24. The van der Waals surface area contributed by atoms with Crippen LogP contribution >= 0.6 is 11.6 Å². The maximum atomic E-state index is 13.5. The fourth-order valence-electron chi connectivity index (χ4n) is 6.15. The number of ether oxygens (including phenoxy) is 2. The first kappa shape index (κ1) is 31.1. The van der Waals surface area contributed by atoms with Crippen molar-refractivity contribution in [1.82, 2.24) is 10.2 Å². The van der Waals surface area contributed by atoms with Crippen molar-refractivity contribution in [3.05, 3.63) is 58.6 Å². The van der Waals surface area contributed by atoms with Crippen molar-refractivity contribution in [3.8, 4) is 11.5 Å². The third kappa shape index (κ3) is 7.33. The Balaban J connectivity index is 1.64. The van der Waals surface area contributed by atoms with Gasteiger partial charge in [-0.1, -0.05) is 42.8 Å². The number of nitrogens with two attached hydrogens (primary N) is 1. The van der Waals surface area contributed by atoms with Gasteiger partial charge in [0.2, 0.25) is 5.91 Å². The fourth-order valence-corrected chi connectivity index (χ4v) is 6.37. The van der Waals surface area contributed by atoms with Gasteiger partial charge in [-0.3, -0.25) is 4.79 Å². The topological polar surface area (TPSA) is 134 Å². The lowest BCUT2D eigenvalue weighted by molar-refractivity contribution is -0.141. The van der Waals surface area contributed by atoms with E-state index in [0.29, 0.717) is 73.8 Å². The molecule has 5 atom stereocenters. The van der Waals surface area contributed by atoms with E-state index in [9.17, 15) is 19.8 Å². The fraction of sp³-hybridized carbons (Fsp3) is 0.548. The minimum Gasteiger partial charge on any atom is -0.455 e. The summed E-state index contributed by atoms with van der Waals surface area (Å²) in [6, 6.07) is 12.7. The van der Waals surface area contributed by atoms with E-state index in [-0.39, 0.29) is 17.7 Å². The number of para-hydroxylation sites is 1. The number of rotatable bonds is 10. The molecule has 5 unspecified atom stereocenters. The number of piperidine rings is 1. The highest BCUT2D eigenvalue weighted by molar-refractivity contribution is 6.32. The van der Waals surface area contributed by atoms with E-state index in [1.165, 1.54) is 7.11 Å². The average molecular weight is 588 g/mol. The third-order valence-corrected chi connectivity index (χ3v) is 8.78. The molecule has 0 spiro atoms. The molecule has 4 rings (SSSR count). The van der Waals surface area contributed by atoms with Crippen molar-refractivity contribution < 1.29 is 29.3 Å². The largest absolute Gasteiger partial charge is 0.455 e. The number of hydrogen-bond acceptors (Lipinski definition) is 7. The summed E-state index contributed by atoms with van der Waals surface area (Å²) in [5.74, 6) is 0.313. The molecule has 41 heavy (non-hydrogen) atoms. The quantitative estimate of drug-likeness (QED) is 0.303. The monoisotopic (exact) mass is 587 g/mol. The number of aliphatic hydroxyl groups is 2. The lowest BCUT2D eigenvalue weighted by Gasteiger charge is -2.44. The third-order valence-electron chi connectivity index (χ3n) is 8.48. The molecule has 0 radical (unpaired) electrons. The number of carbonyl (C=O) groups is 2. The highest BCUT2D eigenvalue weighted by Gasteiger charge is 2.45. The number of halogens is 1. The Hall–Kier alpha value is -2.85. The first-order valence-corrected chi connectivity index (χ1v) is 14.9. The molecule has 0 aromatic heterocycles. The van der Waals surface area contributed by atoms with Crippen LogP contribution in [0.1, 0.15) is 56.6 Å². The minimum atomic E-state index is -1.41. The predicted molar refractivity (Wildman–Crippen MR) is 157 cm³/mol. The van der Waals surface area contributed by atoms with Crippen LogP contribution in [0.5, 0.6) is 11.5 Å². The first-order chi connectivity index (χ1) is 19.7. The van der Waals surface area contributed by atoms with Gasteiger partial charge in [-0.05, 0) is 68.7 Å². The molecule has 1 aliphatic heterocycles. The summed E-state index contributed by atoms with van der Waals surface area (Å²) < 4.78 is 11.0. The lowest BCUT2D eigenvalue weighted by atomic mass is 9.73. The molecule has 2 aromatic rings. The molecule has 2 aliphatic rings. The van der Waals surface area contributed by atoms with Crippen LogP contribution in [0.15, 0.2) is 42.5 Å². The summed E-state index contributed by atoms with van der Waals surface area (Å²) in [7, 11) is 1.30. The van der Waals surface area contributed by atoms with Crippen LogP contribution in [0.25, 0.3) is 0 Å². The maximum absolute atomic E-state index is 13.5. The first-order valence-electron chi connectivity index (χ1n) is 14.5. The van der Waals surface area contributed by atoms with Gasteiger partial charge in [0.05, 0.1) is 23.8 Å². The van der Waals surface area contributed by atoms with E-state index in [1.54, 1.807) is 17.0 Å². The molecule has 1 aliphatic carbocycles. The zero-order valence-corrected chi connectivity index (χ0v) is 24.6. The van der Waals surface area contributed by atoms with Crippen molar-refractivity contribution in [3.63, 3.8) is 0 Å². The number of methoxy groups -OCH3 is 1. The van der Waals surface area contributed by atoms with Gasteiger partial charge in [0.25, 0.3) is 0 Å². The molecule has 0 bridgehead atoms. The van der Waals surface area contributed by atoms with Crippen molar-refractivity contribution in [1.29, 1.82) is 0 Å². The van der Waals surface area contributed by atoms with E-state index in [2.05, 4.69) is 17.0 Å². The Kier molecular flexibility index (Phi) is 10.5. The maximum Gasteiger partial charge on any atom is 0.406 e. The molecule has 2 fully saturated rings. The van der Waals surface area contributed by atoms with Crippen LogP contribution < -0.4 is 15.8 Å². The number of aryl methyl sites for hydroxylation is 1. The summed E-state index contributed by atoms with van der Waals surface area (Å²) in [4.78, 5) is 26.9. The SMILES string of the molecule is CCc1cccc(Oc2c(Cl)cccc2C(O)(CCCNC(=O)OC)C2CCCN(C(=O)C3CC(N)C(O)C3)C2)c1. The zero-order valence-electron chi connectivity index (χ0n) is 23.9. The zero-order chi connectivity index (χ0) is 29.6. The second kappa shape index (κ2) is 13.9. The van der Waals surface area contributed by atoms with Gasteiger partial charge in [-0.15, -0.1) is 0 Å². The summed E-state index contributed by atoms with van der Waals surface area (Å²) in [6.07, 6.45) is 2.59. The number of alkyl carbamates (subject to hydrolysis) is 1. The molecule has 1 saturated carbocycles. The van der Waals surface area contributed by atoms with E-state index in [0.717, 1.165) is 18.4 Å². The molecular formula is C31H42ClN3O6. The molecule has 1 heterocycles. The van der Waals surface area contributed by atoms with Gasteiger partial charge < -0.3 is 35.6 Å². The number of aliphatic hydroxyl groups excluding tert-OH is 1. The number of nitrogens with zero attached hydrogens (tertiary/aromatic N) is 1. The van der Waals surface area contributed by atoms with Crippen LogP contribution in [0.2, 0.25) is 5.02 Å². The molecular weight excluding hydrogens is 546 g/mol. The number of carbonyl (C=O) groups excluding carboxylic acids is 2. The van der Waals surface area contributed by atoms with Gasteiger partial charge >= 0.3 is 6.09 Å². The predicted octanol–water partition coefficient (Wildman–Crippen LogP) is 4.36. The Morgan fingerprint density at radius 3 is 2.71 bits per heavy atom. The molecule has 9 nitrogen and oxygen atoms in total. The highest BCUT2D eigenvalue weighted by atomic mass is 35.5. The highest BCUT2D eigenvalue weighted by Crippen LogP contribution is 2.47. The van der Waals surface area contributed by atoms with Crippen LogP contribution in [0, 0.1) is 11.8 Å². The number of likely N-dealkylation sites (tertiary alicyclic amines) is 1. The Labute approximate surface area is 247 Å². The van der Waals surface area contributed by atoms with Crippen molar-refractivity contribution in [2.75, 3.05) is 26.7 Å². The lowest BCUT2D eigenvalue weighted by Crippen LogP contribution is -2.49. The van der Waals surface area contributed by atoms with Crippen molar-refractivity contribution >= 4 is 23.6 Å². The van der Waals surface area contributed by atoms with Crippen molar-refractivity contribution in [2.24, 2.45) is 17.6 Å². The summed E-state index contributed by atoms with van der Waals surface area (Å²) in [5, 5.41) is 25.8. The van der Waals surface area contributed by atoms with E-state index >= 15 is 0 Å². The molecule has 2 aromatic carbocycles. The number of amides is 2. The normalized spacial score (nSPS) is 24.0. The van der Waals surface area contributed by atoms with Crippen LogP contribution in [0.4, 0.5) is 4.79 Å². The molecule has 1 saturated heterocycles. The van der Waals surface area contributed by atoms with Gasteiger partial charge in [0.1, 0.15) is 5.75 Å². The molecule has 10 heteroatoms. The number of benzene rings is 2. The van der Waals surface area contributed by atoms with Crippen LogP contribution in [-0.4, -0.2) is 66.0 Å². The van der Waals surface area contributed by atoms with Gasteiger partial charge in [0.15, 0.2) is 5.75 Å². The molecule has 5 N–H and O–H groups in total. The van der Waals surface area contributed by atoms with Crippen molar-refractivity contribution in [2.45, 2.75) is 69.6 Å². The summed E-state index contributed by atoms with van der Waals surface area (Å²) >= 11 is 6.70. The average Bonchev–Trinajstić information content (AvgIpc) is 3.33. The van der Waals surface area contributed by atoms with Crippen LogP contribution in [-0.2, 0) is 21.6 Å². The smallest absolute Gasteiger partial charge is 0.406 e. The van der Waals surface area contributed by atoms with E-state index < -0.39 is 23.8 Å². The van der Waals surface area contributed by atoms with Gasteiger partial charge in [-0.25, -0.2) is 4.79 Å². The van der Waals surface area contributed by atoms with Gasteiger partial charge in [-0.2, -0.15) is 0 Å². The van der Waals surface area contributed by atoms with E-state index in [1.807, 2.05) is 30.3 Å². The number of hydrogen-bond donors (Lipinski definition) is 4. The minimum absolute atomic E-state index is 0.0321. The standard InChI is InChI=1S/C31H42ClN3O6/c1-3-20-8-4-10-23(16-20)41-28-24(11-5-12-25(28)32)31(39,13-7-14-34-30(38)40-2)22-9-6-15-35(19-22)29(37)21-17-26(33)27(36)18-21/h4-5,8,10-12,16,21-22,26-27,36,39H,3,6-7,9,13-15,17-19,33H2,1-2H3,(H,34,38). The summed E-state index contributed by atoms with van der Waals surface area (Å²) in [6.45, 7) is 3.30. The second-order valence-electron chi connectivity index (χ2n) is 11.2. The van der Waals surface area contributed by atoms with Crippen LogP contribution in [0.3, 0.4) is 0 Å². The number of nitrogens with one attached hydrogen (secondary N) is 1. The van der Waals surface area contributed by atoms with Gasteiger partial charge in [0, 0.05) is 43.1 Å². The Morgan fingerprint density at radius 1 is 1.22 bits per heavy atom. The Bertz CT molecular complexity index is 1200. The van der Waals surface area contributed by atoms with E-state index in [4.69, 9.17) is 22.1 Å². The molecule has 2 amide bonds. The second-order valence-corrected chi connectivity index (χ2v) is 11.6.